The molecule has 0 aromatic rings. The molecule has 4 heteroatoms. The molecule has 0 rings (SSSR count). The summed E-state index contributed by atoms with van der Waals surface area (Å²) in [6.07, 6.45) is 0.974. The Kier molecular flexibility index (Phi) is 4.13. The molecule has 3 nitrogen and oxygen atoms in total. The summed E-state index contributed by atoms with van der Waals surface area (Å²) in [5.74, 6) is 0. The quantitative estimate of drug-likeness (QED) is 0.476. The van der Waals surface area contributed by atoms with Crippen molar-refractivity contribution in [1.29, 1.82) is 0 Å². The Balaban J connectivity index is 4.16. The molecular formula is C9H20N2OS. The van der Waals surface area contributed by atoms with Gasteiger partial charge in [0.25, 0.3) is 0 Å². The Bertz CT molecular complexity index is 185. The summed E-state index contributed by atoms with van der Waals surface area (Å²) in [7, 11) is 0. The molecule has 0 aliphatic rings. The molecule has 78 valence electrons. The van der Waals surface area contributed by atoms with Crippen LogP contribution in [-0.4, -0.2) is 15.9 Å². The van der Waals surface area contributed by atoms with Crippen molar-refractivity contribution in [1.82, 2.24) is 10.8 Å². The Hall–Kier alpha value is -0.350. The molecule has 0 amide bonds. The zero-order chi connectivity index (χ0) is 10.7. The number of nitrogens with one attached hydrogen (secondary N) is 2. The van der Waals surface area contributed by atoms with Crippen molar-refractivity contribution >= 4 is 17.3 Å². The van der Waals surface area contributed by atoms with Crippen LogP contribution >= 0.6 is 12.2 Å². The highest BCUT2D eigenvalue weighted by molar-refractivity contribution is 7.80. The average Bonchev–Trinajstić information content (AvgIpc) is 1.80. The van der Waals surface area contributed by atoms with Gasteiger partial charge in [-0.1, -0.05) is 20.8 Å². The Labute approximate surface area is 85.9 Å². The normalized spacial score (nSPS) is 12.5. The summed E-state index contributed by atoms with van der Waals surface area (Å²) in [6.45, 7) is 10.6. The van der Waals surface area contributed by atoms with Gasteiger partial charge in [0, 0.05) is 5.54 Å². The van der Waals surface area contributed by atoms with E-state index in [1.807, 2.05) is 5.48 Å². The van der Waals surface area contributed by atoms with Gasteiger partial charge in [0.2, 0.25) is 0 Å². The van der Waals surface area contributed by atoms with Gasteiger partial charge in [0.05, 0.1) is 0 Å². The lowest BCUT2D eigenvalue weighted by molar-refractivity contribution is 0.218. The van der Waals surface area contributed by atoms with Gasteiger partial charge in [-0.15, -0.1) is 0 Å². The van der Waals surface area contributed by atoms with E-state index in [0.29, 0.717) is 0 Å². The zero-order valence-electron chi connectivity index (χ0n) is 9.06. The first-order chi connectivity index (χ1) is 5.66. The van der Waals surface area contributed by atoms with Gasteiger partial charge in [-0.25, -0.2) is 5.48 Å². The molecule has 0 unspecified atom stereocenters. The molecule has 0 bridgehead atoms. The fourth-order valence-corrected chi connectivity index (χ4v) is 1.98. The van der Waals surface area contributed by atoms with Crippen LogP contribution in [0.2, 0.25) is 0 Å². The van der Waals surface area contributed by atoms with Crippen molar-refractivity contribution in [2.75, 3.05) is 0 Å². The average molecular weight is 204 g/mol. The van der Waals surface area contributed by atoms with Gasteiger partial charge in [0.15, 0.2) is 5.11 Å². The van der Waals surface area contributed by atoms with Crippen LogP contribution in [0.5, 0.6) is 0 Å². The number of hydrogen-bond donors (Lipinski definition) is 3. The van der Waals surface area contributed by atoms with E-state index >= 15 is 0 Å². The van der Waals surface area contributed by atoms with E-state index in [0.717, 1.165) is 6.42 Å². The summed E-state index contributed by atoms with van der Waals surface area (Å²) in [5, 5.41) is 11.8. The molecule has 0 aromatic heterocycles. The molecule has 13 heavy (non-hydrogen) atoms. The van der Waals surface area contributed by atoms with Crippen LogP contribution in [0, 0.1) is 5.41 Å². The van der Waals surface area contributed by atoms with Crippen molar-refractivity contribution in [3.05, 3.63) is 0 Å². The minimum atomic E-state index is -0.106. The molecule has 0 fully saturated rings. The largest absolute Gasteiger partial charge is 0.356 e. The van der Waals surface area contributed by atoms with Gasteiger partial charge in [-0.05, 0) is 37.9 Å². The van der Waals surface area contributed by atoms with E-state index in [9.17, 15) is 0 Å². The third-order valence-electron chi connectivity index (χ3n) is 1.53. The predicted molar refractivity (Wildman–Crippen MR) is 58.8 cm³/mol. The highest BCUT2D eigenvalue weighted by Crippen LogP contribution is 2.26. The minimum absolute atomic E-state index is 0.106. The number of hydrogen-bond acceptors (Lipinski definition) is 2. The van der Waals surface area contributed by atoms with Crippen molar-refractivity contribution in [2.45, 2.75) is 46.6 Å². The maximum atomic E-state index is 8.54. The van der Waals surface area contributed by atoms with E-state index in [-0.39, 0.29) is 16.1 Å². The summed E-state index contributed by atoms with van der Waals surface area (Å²) >= 11 is 4.82. The number of thiocarbonyl (C=S) groups is 1. The minimum Gasteiger partial charge on any atom is -0.356 e. The fraction of sp³-hybridized carbons (Fsp3) is 0.889. The smallest absolute Gasteiger partial charge is 0.190 e. The lowest BCUT2D eigenvalue weighted by Gasteiger charge is -2.33. The third-order valence-corrected chi connectivity index (χ3v) is 1.72. The number of hydroxylamine groups is 1. The monoisotopic (exact) mass is 204 g/mol. The fourth-order valence-electron chi connectivity index (χ4n) is 1.71. The van der Waals surface area contributed by atoms with Crippen LogP contribution in [0.25, 0.3) is 0 Å². The molecule has 0 aliphatic carbocycles. The standard InChI is InChI=1S/C9H20N2OS/c1-8(2,3)6-9(4,5)10-7(13)11-12/h12H,6H2,1-5H3,(H2,10,11,13). The molecule has 0 saturated carbocycles. The predicted octanol–water partition coefficient (Wildman–Crippen LogP) is 2.05. The van der Waals surface area contributed by atoms with Crippen molar-refractivity contribution in [2.24, 2.45) is 5.41 Å². The highest BCUT2D eigenvalue weighted by atomic mass is 32.1. The van der Waals surface area contributed by atoms with E-state index in [2.05, 4.69) is 39.9 Å². The maximum absolute atomic E-state index is 8.54. The first kappa shape index (κ1) is 12.7. The van der Waals surface area contributed by atoms with E-state index in [4.69, 9.17) is 17.4 Å². The third kappa shape index (κ3) is 6.78. The van der Waals surface area contributed by atoms with Crippen molar-refractivity contribution in [3.8, 4) is 0 Å². The molecule has 0 spiro atoms. The van der Waals surface area contributed by atoms with Crippen molar-refractivity contribution < 1.29 is 5.21 Å². The molecule has 0 radical (unpaired) electrons. The summed E-state index contributed by atoms with van der Waals surface area (Å²) in [6, 6.07) is 0. The van der Waals surface area contributed by atoms with E-state index in [1.165, 1.54) is 0 Å². The van der Waals surface area contributed by atoms with E-state index in [1.54, 1.807) is 0 Å². The van der Waals surface area contributed by atoms with Crippen LogP contribution in [0.4, 0.5) is 0 Å². The second-order valence-corrected chi connectivity index (χ2v) is 5.60. The van der Waals surface area contributed by atoms with Crippen LogP contribution < -0.4 is 10.8 Å². The van der Waals surface area contributed by atoms with Gasteiger partial charge >= 0.3 is 0 Å². The van der Waals surface area contributed by atoms with Gasteiger partial charge in [-0.2, -0.15) is 0 Å². The molecule has 0 atom stereocenters. The Morgan fingerprint density at radius 2 is 1.69 bits per heavy atom. The number of rotatable bonds is 2. The molecule has 0 heterocycles. The van der Waals surface area contributed by atoms with Gasteiger partial charge in [-0.3, -0.25) is 5.21 Å². The van der Waals surface area contributed by atoms with Crippen LogP contribution in [0.15, 0.2) is 0 Å². The topological polar surface area (TPSA) is 44.3 Å². The van der Waals surface area contributed by atoms with Crippen LogP contribution in [-0.2, 0) is 0 Å². The van der Waals surface area contributed by atoms with Crippen molar-refractivity contribution in [3.63, 3.8) is 0 Å². The second kappa shape index (κ2) is 4.24. The highest BCUT2D eigenvalue weighted by Gasteiger charge is 2.25. The SMILES string of the molecule is CC(C)(C)CC(C)(C)NC(=S)NO. The van der Waals surface area contributed by atoms with Gasteiger partial charge in [0.1, 0.15) is 0 Å². The Morgan fingerprint density at radius 3 is 2.00 bits per heavy atom. The van der Waals surface area contributed by atoms with Crippen LogP contribution in [0.1, 0.15) is 41.0 Å². The lowest BCUT2D eigenvalue weighted by atomic mass is 9.82. The maximum Gasteiger partial charge on any atom is 0.190 e. The van der Waals surface area contributed by atoms with E-state index < -0.39 is 0 Å². The molecule has 3 N–H and O–H groups in total. The summed E-state index contributed by atoms with van der Waals surface area (Å²) in [4.78, 5) is 0. The molecule has 0 aromatic carbocycles. The zero-order valence-corrected chi connectivity index (χ0v) is 9.88. The Morgan fingerprint density at radius 1 is 1.23 bits per heavy atom. The summed E-state index contributed by atoms with van der Waals surface area (Å²) in [5.41, 5.74) is 2.06. The lowest BCUT2D eigenvalue weighted by Crippen LogP contribution is -2.49. The van der Waals surface area contributed by atoms with Gasteiger partial charge < -0.3 is 5.32 Å². The molecule has 0 aliphatic heterocycles. The van der Waals surface area contributed by atoms with Crippen LogP contribution in [0.3, 0.4) is 0 Å². The summed E-state index contributed by atoms with van der Waals surface area (Å²) < 4.78 is 0. The second-order valence-electron chi connectivity index (χ2n) is 5.19. The molecular weight excluding hydrogens is 184 g/mol. The first-order valence-corrected chi connectivity index (χ1v) is 4.79. The molecule has 0 saturated heterocycles. The first-order valence-electron chi connectivity index (χ1n) is 4.38.